The van der Waals surface area contributed by atoms with Crippen LogP contribution in [0.2, 0.25) is 0 Å². The zero-order valence-electron chi connectivity index (χ0n) is 21.4. The predicted octanol–water partition coefficient (Wildman–Crippen LogP) is 6.62. The molecule has 1 atom stereocenters. The van der Waals surface area contributed by atoms with Crippen LogP contribution in [-0.2, 0) is 6.42 Å². The third-order valence-electron chi connectivity index (χ3n) is 6.89. The van der Waals surface area contributed by atoms with Crippen LogP contribution < -0.4 is 20.9 Å². The van der Waals surface area contributed by atoms with Gasteiger partial charge in [0, 0.05) is 30.2 Å². The van der Waals surface area contributed by atoms with Crippen LogP contribution in [0.1, 0.15) is 61.1 Å². The van der Waals surface area contributed by atoms with Crippen LogP contribution >= 0.6 is 0 Å². The van der Waals surface area contributed by atoms with Gasteiger partial charge in [0.25, 0.3) is 5.91 Å². The van der Waals surface area contributed by atoms with E-state index in [1.807, 2.05) is 73.7 Å². The standard InChI is InChI=1S/C30H36N4O2/c1-4-23-10-12-25(13-11-23)32-30(36)33-26-14-15-28(34-18-16-21(2)17-19-34)27(20-26)29(35)31-22(3)24-8-6-5-7-9-24/h5-15,20-22H,4,16-19H2,1-3H3,(H,31,35)(H2,32,33,36). The van der Waals surface area contributed by atoms with Gasteiger partial charge in [0.05, 0.1) is 11.6 Å². The molecular formula is C30H36N4O2. The Hall–Kier alpha value is -3.80. The van der Waals surface area contributed by atoms with Gasteiger partial charge in [-0.1, -0.05) is 56.3 Å². The van der Waals surface area contributed by atoms with Crippen molar-refractivity contribution in [2.24, 2.45) is 5.92 Å². The lowest BCUT2D eigenvalue weighted by Crippen LogP contribution is -2.35. The fourth-order valence-corrected chi connectivity index (χ4v) is 4.54. The summed E-state index contributed by atoms with van der Waals surface area (Å²) in [5, 5.41) is 8.89. The van der Waals surface area contributed by atoms with Crippen molar-refractivity contribution in [2.45, 2.75) is 46.1 Å². The smallest absolute Gasteiger partial charge is 0.323 e. The van der Waals surface area contributed by atoms with Gasteiger partial charge in [0.15, 0.2) is 0 Å². The van der Waals surface area contributed by atoms with Crippen molar-refractivity contribution in [3.05, 3.63) is 89.5 Å². The first-order valence-corrected chi connectivity index (χ1v) is 12.8. The summed E-state index contributed by atoms with van der Waals surface area (Å²) in [7, 11) is 0. The minimum absolute atomic E-state index is 0.140. The fraction of sp³-hybridized carbons (Fsp3) is 0.333. The largest absolute Gasteiger partial charge is 0.371 e. The van der Waals surface area contributed by atoms with E-state index < -0.39 is 0 Å². The van der Waals surface area contributed by atoms with E-state index >= 15 is 0 Å². The molecule has 4 rings (SSSR count). The second-order valence-electron chi connectivity index (χ2n) is 9.64. The molecule has 36 heavy (non-hydrogen) atoms. The lowest BCUT2D eigenvalue weighted by molar-refractivity contribution is 0.0940. The lowest BCUT2D eigenvalue weighted by atomic mass is 9.97. The van der Waals surface area contributed by atoms with E-state index in [1.165, 1.54) is 5.56 Å². The number of hydrogen-bond donors (Lipinski definition) is 3. The van der Waals surface area contributed by atoms with Crippen LogP contribution in [0.4, 0.5) is 21.9 Å². The van der Waals surface area contributed by atoms with Crippen molar-refractivity contribution >= 4 is 29.0 Å². The summed E-state index contributed by atoms with van der Waals surface area (Å²) < 4.78 is 0. The molecule has 1 unspecified atom stereocenters. The van der Waals surface area contributed by atoms with E-state index in [0.717, 1.165) is 49.3 Å². The minimum Gasteiger partial charge on any atom is -0.371 e. The van der Waals surface area contributed by atoms with Crippen molar-refractivity contribution in [3.63, 3.8) is 0 Å². The molecule has 3 N–H and O–H groups in total. The Labute approximate surface area is 214 Å². The first kappa shape index (κ1) is 25.3. The maximum Gasteiger partial charge on any atom is 0.323 e. The van der Waals surface area contributed by atoms with Gasteiger partial charge < -0.3 is 20.9 Å². The SMILES string of the molecule is CCc1ccc(NC(=O)Nc2ccc(N3CCC(C)CC3)c(C(=O)NC(C)c3ccccc3)c2)cc1. The van der Waals surface area contributed by atoms with E-state index in [9.17, 15) is 9.59 Å². The molecule has 1 aliphatic rings. The molecule has 1 saturated heterocycles. The summed E-state index contributed by atoms with van der Waals surface area (Å²) in [4.78, 5) is 28.4. The molecule has 0 spiro atoms. The van der Waals surface area contributed by atoms with Crippen molar-refractivity contribution in [1.82, 2.24) is 5.32 Å². The third kappa shape index (κ3) is 6.45. The van der Waals surface area contributed by atoms with Crippen LogP contribution in [0.15, 0.2) is 72.8 Å². The summed E-state index contributed by atoms with van der Waals surface area (Å²) in [5.74, 6) is 0.534. The molecule has 3 aromatic carbocycles. The second-order valence-corrected chi connectivity index (χ2v) is 9.64. The molecule has 3 amide bonds. The van der Waals surface area contributed by atoms with Crippen LogP contribution in [0.5, 0.6) is 0 Å². The van der Waals surface area contributed by atoms with Crippen molar-refractivity contribution in [2.75, 3.05) is 28.6 Å². The first-order valence-electron chi connectivity index (χ1n) is 12.8. The van der Waals surface area contributed by atoms with Crippen LogP contribution in [0.3, 0.4) is 0 Å². The van der Waals surface area contributed by atoms with Crippen molar-refractivity contribution in [3.8, 4) is 0 Å². The number of aryl methyl sites for hydroxylation is 1. The number of anilines is 3. The number of carbonyl (C=O) groups excluding carboxylic acids is 2. The predicted molar refractivity (Wildman–Crippen MR) is 148 cm³/mol. The Balaban J connectivity index is 1.53. The molecule has 0 radical (unpaired) electrons. The number of nitrogens with one attached hydrogen (secondary N) is 3. The Morgan fingerprint density at radius 3 is 2.22 bits per heavy atom. The Bertz CT molecular complexity index is 1170. The first-order chi connectivity index (χ1) is 17.4. The average Bonchev–Trinajstić information content (AvgIpc) is 2.90. The third-order valence-corrected chi connectivity index (χ3v) is 6.89. The highest BCUT2D eigenvalue weighted by atomic mass is 16.2. The normalized spacial score (nSPS) is 14.7. The summed E-state index contributed by atoms with van der Waals surface area (Å²) in [6.07, 6.45) is 3.14. The van der Waals surface area contributed by atoms with Gasteiger partial charge in [-0.25, -0.2) is 4.79 Å². The Morgan fingerprint density at radius 1 is 0.917 bits per heavy atom. The highest BCUT2D eigenvalue weighted by Crippen LogP contribution is 2.29. The van der Waals surface area contributed by atoms with Gasteiger partial charge in [-0.15, -0.1) is 0 Å². The van der Waals surface area contributed by atoms with Crippen LogP contribution in [0.25, 0.3) is 0 Å². The zero-order valence-corrected chi connectivity index (χ0v) is 21.4. The van der Waals surface area contributed by atoms with E-state index in [-0.39, 0.29) is 18.0 Å². The monoisotopic (exact) mass is 484 g/mol. The van der Waals surface area contributed by atoms with Gasteiger partial charge >= 0.3 is 6.03 Å². The van der Waals surface area contributed by atoms with Gasteiger partial charge in [-0.05, 0) is 73.6 Å². The summed E-state index contributed by atoms with van der Waals surface area (Å²) in [6, 6.07) is 22.8. The number of hydrogen-bond acceptors (Lipinski definition) is 3. The quantitative estimate of drug-likeness (QED) is 0.353. The molecule has 0 aromatic heterocycles. The number of rotatable bonds is 7. The molecule has 0 aliphatic carbocycles. The zero-order chi connectivity index (χ0) is 25.5. The lowest BCUT2D eigenvalue weighted by Gasteiger charge is -2.33. The molecule has 6 heteroatoms. The number of nitrogens with zero attached hydrogens (tertiary/aromatic N) is 1. The second kappa shape index (κ2) is 11.8. The Kier molecular flexibility index (Phi) is 8.26. The molecule has 1 fully saturated rings. The molecule has 1 aliphatic heterocycles. The topological polar surface area (TPSA) is 73.5 Å². The van der Waals surface area contributed by atoms with Crippen LogP contribution in [-0.4, -0.2) is 25.0 Å². The van der Waals surface area contributed by atoms with Gasteiger partial charge in [-0.2, -0.15) is 0 Å². The number of urea groups is 1. The maximum atomic E-state index is 13.5. The maximum absolute atomic E-state index is 13.5. The Morgan fingerprint density at radius 2 is 1.56 bits per heavy atom. The van der Waals surface area contributed by atoms with E-state index in [2.05, 4.69) is 34.7 Å². The van der Waals surface area contributed by atoms with Crippen LogP contribution in [0, 0.1) is 5.92 Å². The van der Waals surface area contributed by atoms with Gasteiger partial charge in [-0.3, -0.25) is 4.79 Å². The number of benzene rings is 3. The minimum atomic E-state index is -0.345. The van der Waals surface area contributed by atoms with Gasteiger partial charge in [0.1, 0.15) is 0 Å². The van der Waals surface area contributed by atoms with E-state index in [4.69, 9.17) is 0 Å². The van der Waals surface area contributed by atoms with Crippen molar-refractivity contribution in [1.29, 1.82) is 0 Å². The molecule has 1 heterocycles. The molecular weight excluding hydrogens is 448 g/mol. The van der Waals surface area contributed by atoms with E-state index in [1.54, 1.807) is 6.07 Å². The number of amides is 3. The average molecular weight is 485 g/mol. The number of carbonyl (C=O) groups is 2. The molecule has 6 nitrogen and oxygen atoms in total. The van der Waals surface area contributed by atoms with Gasteiger partial charge in [0.2, 0.25) is 0 Å². The highest BCUT2D eigenvalue weighted by Gasteiger charge is 2.23. The highest BCUT2D eigenvalue weighted by molar-refractivity contribution is 6.04. The fourth-order valence-electron chi connectivity index (χ4n) is 4.54. The number of piperidine rings is 1. The van der Waals surface area contributed by atoms with E-state index in [0.29, 0.717) is 17.2 Å². The molecule has 0 bridgehead atoms. The summed E-state index contributed by atoms with van der Waals surface area (Å²) >= 11 is 0. The summed E-state index contributed by atoms with van der Waals surface area (Å²) in [5.41, 5.74) is 5.02. The molecule has 188 valence electrons. The molecule has 0 saturated carbocycles. The van der Waals surface area contributed by atoms with Crippen molar-refractivity contribution < 1.29 is 9.59 Å². The summed E-state index contributed by atoms with van der Waals surface area (Å²) in [6.45, 7) is 8.17. The molecule has 3 aromatic rings.